The Kier molecular flexibility index (Phi) is 5.24. The minimum Gasteiger partial charge on any atom is -0.497 e. The third-order valence-electron chi connectivity index (χ3n) is 5.06. The van der Waals surface area contributed by atoms with Crippen LogP contribution in [0, 0.1) is 12.7 Å². The van der Waals surface area contributed by atoms with Crippen LogP contribution in [0.4, 0.5) is 15.9 Å². The van der Waals surface area contributed by atoms with Crippen LogP contribution < -0.4 is 25.6 Å². The summed E-state index contributed by atoms with van der Waals surface area (Å²) in [5.74, 6) is 1.07. The predicted octanol–water partition coefficient (Wildman–Crippen LogP) is 3.77. The third kappa shape index (κ3) is 3.65. The topological polar surface area (TPSA) is 89.4 Å². The zero-order chi connectivity index (χ0) is 22.1. The van der Waals surface area contributed by atoms with Gasteiger partial charge in [0.25, 0.3) is 5.91 Å². The Morgan fingerprint density at radius 2 is 1.81 bits per heavy atom. The quantitative estimate of drug-likeness (QED) is 0.579. The van der Waals surface area contributed by atoms with Crippen molar-refractivity contribution in [2.75, 3.05) is 25.0 Å². The molecular weight excluding hydrogens is 401 g/mol. The Hall–Kier alpha value is -4.01. The Morgan fingerprint density at radius 3 is 2.48 bits per heavy atom. The minimum atomic E-state index is -0.376. The average Bonchev–Trinajstić information content (AvgIpc) is 3.11. The van der Waals surface area contributed by atoms with Crippen molar-refractivity contribution in [1.29, 1.82) is 0 Å². The maximum atomic E-state index is 13.3. The van der Waals surface area contributed by atoms with Gasteiger partial charge in [-0.25, -0.2) is 9.07 Å². The van der Waals surface area contributed by atoms with E-state index in [1.807, 2.05) is 6.92 Å². The fraction of sp³-hybridized carbons (Fsp3) is 0.182. The van der Waals surface area contributed by atoms with Crippen LogP contribution in [0.15, 0.2) is 48.2 Å². The number of nitrogens with one attached hydrogen (secondary N) is 3. The van der Waals surface area contributed by atoms with Crippen LogP contribution in [0.25, 0.3) is 16.8 Å². The van der Waals surface area contributed by atoms with E-state index in [2.05, 4.69) is 21.3 Å². The second-order valence-corrected chi connectivity index (χ2v) is 6.96. The lowest BCUT2D eigenvalue weighted by molar-refractivity contribution is -0.113. The number of allylic oxidation sites excluding steroid dienone is 1. The SMILES string of the molecule is COc1ccc(OC)c(NC(=O)C2=C(C)n3nc(C)c(-c4ccc(F)cc4)c3NN2)c1. The highest BCUT2D eigenvalue weighted by molar-refractivity contribution is 6.08. The van der Waals surface area contributed by atoms with Crippen molar-refractivity contribution in [3.8, 4) is 22.6 Å². The van der Waals surface area contributed by atoms with Gasteiger partial charge in [0.1, 0.15) is 23.0 Å². The van der Waals surface area contributed by atoms with Crippen molar-refractivity contribution in [3.05, 3.63) is 59.7 Å². The smallest absolute Gasteiger partial charge is 0.275 e. The van der Waals surface area contributed by atoms with E-state index in [-0.39, 0.29) is 11.7 Å². The molecule has 1 amide bonds. The molecule has 1 aliphatic heterocycles. The van der Waals surface area contributed by atoms with Crippen LogP contribution in [0.1, 0.15) is 12.6 Å². The van der Waals surface area contributed by atoms with Crippen molar-refractivity contribution < 1.29 is 18.7 Å². The molecule has 3 N–H and O–H groups in total. The number of fused-ring (bicyclic) bond motifs is 1. The van der Waals surface area contributed by atoms with E-state index in [1.54, 1.807) is 49.0 Å². The summed E-state index contributed by atoms with van der Waals surface area (Å²) in [4.78, 5) is 13.0. The molecule has 4 rings (SSSR count). The molecule has 0 saturated heterocycles. The van der Waals surface area contributed by atoms with E-state index < -0.39 is 0 Å². The maximum Gasteiger partial charge on any atom is 0.275 e. The number of benzene rings is 2. The molecule has 1 aromatic heterocycles. The number of ether oxygens (including phenoxy) is 2. The summed E-state index contributed by atoms with van der Waals surface area (Å²) in [6.07, 6.45) is 0. The number of hydrogen-bond acceptors (Lipinski definition) is 6. The molecule has 0 fully saturated rings. The molecule has 160 valence electrons. The van der Waals surface area contributed by atoms with E-state index in [0.717, 1.165) is 16.8 Å². The van der Waals surface area contributed by atoms with Gasteiger partial charge in [-0.2, -0.15) is 5.10 Å². The highest BCUT2D eigenvalue weighted by atomic mass is 19.1. The zero-order valence-electron chi connectivity index (χ0n) is 17.5. The van der Waals surface area contributed by atoms with Crippen LogP contribution in [0.2, 0.25) is 0 Å². The van der Waals surface area contributed by atoms with Gasteiger partial charge < -0.3 is 14.8 Å². The van der Waals surface area contributed by atoms with E-state index >= 15 is 0 Å². The van der Waals surface area contributed by atoms with Crippen molar-refractivity contribution in [3.63, 3.8) is 0 Å². The number of hydrazine groups is 1. The first kappa shape index (κ1) is 20.3. The number of aryl methyl sites for hydroxylation is 1. The van der Waals surface area contributed by atoms with Gasteiger partial charge in [-0.15, -0.1) is 0 Å². The zero-order valence-corrected chi connectivity index (χ0v) is 17.5. The lowest BCUT2D eigenvalue weighted by atomic mass is 10.1. The predicted molar refractivity (Wildman–Crippen MR) is 116 cm³/mol. The molecular formula is C22H22FN5O3. The first-order valence-electron chi connectivity index (χ1n) is 9.55. The third-order valence-corrected chi connectivity index (χ3v) is 5.06. The Morgan fingerprint density at radius 1 is 1.06 bits per heavy atom. The molecule has 0 unspecified atom stereocenters. The first-order valence-corrected chi connectivity index (χ1v) is 9.55. The van der Waals surface area contributed by atoms with Crippen molar-refractivity contribution in [1.82, 2.24) is 15.2 Å². The molecule has 0 atom stereocenters. The number of anilines is 2. The summed E-state index contributed by atoms with van der Waals surface area (Å²) in [7, 11) is 3.07. The average molecular weight is 423 g/mol. The maximum absolute atomic E-state index is 13.3. The molecule has 3 aromatic rings. The van der Waals surface area contributed by atoms with E-state index in [1.165, 1.54) is 19.2 Å². The molecule has 0 bridgehead atoms. The standard InChI is InChI=1S/C22H22FN5O3/c1-12-19(14-5-7-15(23)8-6-14)21-26-25-20(13(2)28(21)27-12)22(29)24-17-11-16(30-3)9-10-18(17)31-4/h5-11,25-26H,1-4H3,(H,24,29). The van der Waals surface area contributed by atoms with Crippen molar-refractivity contribution >= 4 is 23.1 Å². The number of nitrogens with zero attached hydrogens (tertiary/aromatic N) is 2. The summed E-state index contributed by atoms with van der Waals surface area (Å²) >= 11 is 0. The summed E-state index contributed by atoms with van der Waals surface area (Å²) in [6.45, 7) is 3.65. The molecule has 0 radical (unpaired) electrons. The van der Waals surface area contributed by atoms with Gasteiger partial charge >= 0.3 is 0 Å². The highest BCUT2D eigenvalue weighted by Crippen LogP contribution is 2.35. The number of methoxy groups -OCH3 is 2. The summed E-state index contributed by atoms with van der Waals surface area (Å²) in [6, 6.07) is 11.3. The van der Waals surface area contributed by atoms with Gasteiger partial charge in [0, 0.05) is 11.6 Å². The van der Waals surface area contributed by atoms with E-state index in [9.17, 15) is 9.18 Å². The van der Waals surface area contributed by atoms with Crippen molar-refractivity contribution in [2.24, 2.45) is 0 Å². The molecule has 0 aliphatic carbocycles. The Bertz CT molecular complexity index is 1180. The number of halogens is 1. The number of hydrogen-bond donors (Lipinski definition) is 3. The molecule has 1 aliphatic rings. The molecule has 31 heavy (non-hydrogen) atoms. The van der Waals surface area contributed by atoms with Crippen LogP contribution in [0.3, 0.4) is 0 Å². The van der Waals surface area contributed by atoms with Gasteiger partial charge in [-0.3, -0.25) is 15.6 Å². The lowest BCUT2D eigenvalue weighted by Gasteiger charge is -2.23. The first-order chi connectivity index (χ1) is 14.9. The van der Waals surface area contributed by atoms with Crippen molar-refractivity contribution in [2.45, 2.75) is 13.8 Å². The normalized spacial score (nSPS) is 12.5. The molecule has 0 spiro atoms. The number of rotatable bonds is 5. The Balaban J connectivity index is 1.68. The Labute approximate surface area is 178 Å². The van der Waals surface area contributed by atoms with Crippen LogP contribution in [0.5, 0.6) is 11.5 Å². The fourth-order valence-electron chi connectivity index (χ4n) is 3.48. The summed E-state index contributed by atoms with van der Waals surface area (Å²) in [5.41, 5.74) is 9.75. The van der Waals surface area contributed by atoms with Crippen LogP contribution in [-0.4, -0.2) is 29.9 Å². The minimum absolute atomic E-state index is 0.297. The monoisotopic (exact) mass is 423 g/mol. The molecule has 9 heteroatoms. The fourth-order valence-corrected chi connectivity index (χ4v) is 3.48. The highest BCUT2D eigenvalue weighted by Gasteiger charge is 2.26. The van der Waals surface area contributed by atoms with Gasteiger partial charge in [0.2, 0.25) is 0 Å². The van der Waals surface area contributed by atoms with Gasteiger partial charge in [-0.05, 0) is 43.7 Å². The molecule has 8 nitrogen and oxygen atoms in total. The van der Waals surface area contributed by atoms with E-state index in [4.69, 9.17) is 9.47 Å². The van der Waals surface area contributed by atoms with Crippen LogP contribution >= 0.6 is 0 Å². The van der Waals surface area contributed by atoms with E-state index in [0.29, 0.717) is 34.4 Å². The second kappa shape index (κ2) is 8.02. The summed E-state index contributed by atoms with van der Waals surface area (Å²) in [5, 5.41) is 7.41. The lowest BCUT2D eigenvalue weighted by Crippen LogP contribution is -2.36. The molecule has 2 aromatic carbocycles. The molecule has 2 heterocycles. The van der Waals surface area contributed by atoms with Crippen LogP contribution in [-0.2, 0) is 4.79 Å². The second-order valence-electron chi connectivity index (χ2n) is 6.96. The largest absolute Gasteiger partial charge is 0.497 e. The number of amides is 1. The number of carbonyl (C=O) groups excluding carboxylic acids is 1. The van der Waals surface area contributed by atoms with Gasteiger partial charge in [0.05, 0.1) is 31.3 Å². The number of aromatic nitrogens is 2. The van der Waals surface area contributed by atoms with Gasteiger partial charge in [-0.1, -0.05) is 12.1 Å². The molecule has 0 saturated carbocycles. The summed E-state index contributed by atoms with van der Waals surface area (Å²) < 4.78 is 25.5. The number of carbonyl (C=O) groups is 1. The van der Waals surface area contributed by atoms with Gasteiger partial charge in [0.15, 0.2) is 5.82 Å².